The van der Waals surface area contributed by atoms with Crippen LogP contribution >= 0.6 is 0 Å². The predicted octanol–water partition coefficient (Wildman–Crippen LogP) is 3.72. The minimum atomic E-state index is 0.119. The van der Waals surface area contributed by atoms with Gasteiger partial charge in [0.25, 0.3) is 0 Å². The minimum Gasteiger partial charge on any atom is -0.497 e. The van der Waals surface area contributed by atoms with Crippen LogP contribution in [0.5, 0.6) is 11.5 Å². The van der Waals surface area contributed by atoms with Gasteiger partial charge in [-0.05, 0) is 43.7 Å². The second kappa shape index (κ2) is 7.07. The number of rotatable bonds is 5. The molecule has 0 saturated carbocycles. The number of likely N-dealkylation sites (tertiary alicyclic amines) is 1. The fourth-order valence-electron chi connectivity index (χ4n) is 3.69. The molecule has 4 heteroatoms. The normalized spacial score (nSPS) is 23.3. The molecule has 1 aromatic carbocycles. The first-order chi connectivity index (χ1) is 11.2. The average Bonchev–Trinajstić information content (AvgIpc) is 3.25. The number of allylic oxidation sites excluding steroid dienone is 2. The van der Waals surface area contributed by atoms with Crippen molar-refractivity contribution < 1.29 is 14.3 Å². The fourth-order valence-corrected chi connectivity index (χ4v) is 3.69. The van der Waals surface area contributed by atoms with Crippen LogP contribution in [-0.4, -0.2) is 31.6 Å². The third kappa shape index (κ3) is 3.36. The number of carbonyl (C=O) groups is 1. The summed E-state index contributed by atoms with van der Waals surface area (Å²) in [5, 5.41) is 0. The number of benzene rings is 1. The molecule has 0 aromatic heterocycles. The van der Waals surface area contributed by atoms with Gasteiger partial charge in [0.2, 0.25) is 5.91 Å². The smallest absolute Gasteiger partial charge is 0.223 e. The Labute approximate surface area is 138 Å². The lowest BCUT2D eigenvalue weighted by atomic mass is 10.0. The molecule has 1 saturated heterocycles. The quantitative estimate of drug-likeness (QED) is 0.777. The maximum atomic E-state index is 12.7. The number of hydrogen-bond donors (Lipinski definition) is 0. The predicted molar refractivity (Wildman–Crippen MR) is 89.7 cm³/mol. The van der Waals surface area contributed by atoms with Gasteiger partial charge in [-0.1, -0.05) is 12.2 Å². The first kappa shape index (κ1) is 15.9. The van der Waals surface area contributed by atoms with Gasteiger partial charge in [0, 0.05) is 24.6 Å². The molecule has 2 aliphatic rings. The molecule has 0 spiro atoms. The van der Waals surface area contributed by atoms with E-state index in [0.29, 0.717) is 12.3 Å². The lowest BCUT2D eigenvalue weighted by Crippen LogP contribution is -2.31. The Morgan fingerprint density at radius 1 is 1.26 bits per heavy atom. The molecular weight excluding hydrogens is 290 g/mol. The summed E-state index contributed by atoms with van der Waals surface area (Å²) in [6, 6.07) is 5.99. The number of amides is 1. The van der Waals surface area contributed by atoms with Gasteiger partial charge >= 0.3 is 0 Å². The van der Waals surface area contributed by atoms with E-state index in [1.165, 1.54) is 0 Å². The van der Waals surface area contributed by atoms with Crippen LogP contribution in [0.1, 0.15) is 43.7 Å². The van der Waals surface area contributed by atoms with Gasteiger partial charge in [-0.15, -0.1) is 0 Å². The molecule has 23 heavy (non-hydrogen) atoms. The molecule has 2 atom stereocenters. The topological polar surface area (TPSA) is 38.8 Å². The van der Waals surface area contributed by atoms with E-state index in [1.54, 1.807) is 14.2 Å². The molecule has 0 bridgehead atoms. The molecule has 1 fully saturated rings. The van der Waals surface area contributed by atoms with Gasteiger partial charge in [-0.3, -0.25) is 4.79 Å². The standard InChI is InChI=1S/C19H25NO3/c1-22-15-9-10-16(18(13-15)23-2)17-8-5-11-20(17)19(21)12-14-6-3-4-7-14/h3,6,9-10,13-14,17H,4-5,7-8,11-12H2,1-2H3/t14-,17-/m0/s1. The Morgan fingerprint density at radius 3 is 2.83 bits per heavy atom. The van der Waals surface area contributed by atoms with Crippen molar-refractivity contribution in [1.82, 2.24) is 4.90 Å². The SMILES string of the molecule is COc1ccc([C@@H]2CCCN2C(=O)C[C@H]2C=CCC2)c(OC)c1. The molecule has 1 aliphatic carbocycles. The van der Waals surface area contributed by atoms with E-state index in [-0.39, 0.29) is 11.9 Å². The monoisotopic (exact) mass is 315 g/mol. The highest BCUT2D eigenvalue weighted by molar-refractivity contribution is 5.77. The molecule has 124 valence electrons. The Balaban J connectivity index is 1.78. The molecule has 1 amide bonds. The summed E-state index contributed by atoms with van der Waals surface area (Å²) in [5.74, 6) is 2.26. The van der Waals surface area contributed by atoms with Crippen LogP contribution in [0.2, 0.25) is 0 Å². The van der Waals surface area contributed by atoms with Crippen molar-refractivity contribution in [2.75, 3.05) is 20.8 Å². The van der Waals surface area contributed by atoms with Crippen molar-refractivity contribution in [2.24, 2.45) is 5.92 Å². The second-order valence-electron chi connectivity index (χ2n) is 6.32. The van der Waals surface area contributed by atoms with E-state index in [0.717, 1.165) is 49.3 Å². The summed E-state index contributed by atoms with van der Waals surface area (Å²) in [4.78, 5) is 14.8. The van der Waals surface area contributed by atoms with Crippen LogP contribution in [0.25, 0.3) is 0 Å². The number of hydrogen-bond acceptors (Lipinski definition) is 3. The first-order valence-electron chi connectivity index (χ1n) is 8.41. The van der Waals surface area contributed by atoms with Crippen LogP contribution < -0.4 is 9.47 Å². The number of ether oxygens (including phenoxy) is 2. The van der Waals surface area contributed by atoms with E-state index < -0.39 is 0 Å². The van der Waals surface area contributed by atoms with Crippen molar-refractivity contribution in [2.45, 2.75) is 38.1 Å². The number of nitrogens with zero attached hydrogens (tertiary/aromatic N) is 1. The van der Waals surface area contributed by atoms with Crippen LogP contribution in [0.3, 0.4) is 0 Å². The van der Waals surface area contributed by atoms with Gasteiger partial charge in [0.05, 0.1) is 20.3 Å². The van der Waals surface area contributed by atoms with Crippen LogP contribution in [0.4, 0.5) is 0 Å². The van der Waals surface area contributed by atoms with Crippen molar-refractivity contribution in [3.8, 4) is 11.5 Å². The molecule has 1 aromatic rings. The van der Waals surface area contributed by atoms with Gasteiger partial charge in [0.15, 0.2) is 0 Å². The molecule has 3 rings (SSSR count). The summed E-state index contributed by atoms with van der Waals surface area (Å²) in [6.45, 7) is 0.842. The maximum Gasteiger partial charge on any atom is 0.223 e. The summed E-state index contributed by atoms with van der Waals surface area (Å²) in [6.07, 6.45) is 9.26. The van der Waals surface area contributed by atoms with Crippen LogP contribution in [0.15, 0.2) is 30.4 Å². The maximum absolute atomic E-state index is 12.7. The van der Waals surface area contributed by atoms with Gasteiger partial charge < -0.3 is 14.4 Å². The Morgan fingerprint density at radius 2 is 2.13 bits per heavy atom. The third-order valence-corrected chi connectivity index (χ3v) is 4.92. The fraction of sp³-hybridized carbons (Fsp3) is 0.526. The Kier molecular flexibility index (Phi) is 4.89. The second-order valence-corrected chi connectivity index (χ2v) is 6.32. The summed E-state index contributed by atoms with van der Waals surface area (Å²) in [5.41, 5.74) is 1.08. The van der Waals surface area contributed by atoms with E-state index >= 15 is 0 Å². The highest BCUT2D eigenvalue weighted by Crippen LogP contribution is 2.39. The van der Waals surface area contributed by atoms with Crippen LogP contribution in [-0.2, 0) is 4.79 Å². The minimum absolute atomic E-state index is 0.119. The lowest BCUT2D eigenvalue weighted by Gasteiger charge is -2.27. The molecule has 1 heterocycles. The molecule has 0 radical (unpaired) electrons. The van der Waals surface area contributed by atoms with Gasteiger partial charge in [-0.2, -0.15) is 0 Å². The van der Waals surface area contributed by atoms with Crippen molar-refractivity contribution in [3.63, 3.8) is 0 Å². The summed E-state index contributed by atoms with van der Waals surface area (Å²) < 4.78 is 10.8. The van der Waals surface area contributed by atoms with Gasteiger partial charge in [0.1, 0.15) is 11.5 Å². The molecular formula is C19H25NO3. The Hall–Kier alpha value is -1.97. The molecule has 1 aliphatic heterocycles. The molecule has 0 unspecified atom stereocenters. The van der Waals surface area contributed by atoms with Crippen molar-refractivity contribution >= 4 is 5.91 Å². The number of carbonyl (C=O) groups excluding carboxylic acids is 1. The van der Waals surface area contributed by atoms with Crippen molar-refractivity contribution in [3.05, 3.63) is 35.9 Å². The van der Waals surface area contributed by atoms with Gasteiger partial charge in [-0.25, -0.2) is 0 Å². The summed E-state index contributed by atoms with van der Waals surface area (Å²) in [7, 11) is 3.32. The van der Waals surface area contributed by atoms with E-state index in [9.17, 15) is 4.79 Å². The highest BCUT2D eigenvalue weighted by Gasteiger charge is 2.32. The summed E-state index contributed by atoms with van der Waals surface area (Å²) >= 11 is 0. The highest BCUT2D eigenvalue weighted by atomic mass is 16.5. The average molecular weight is 315 g/mol. The van der Waals surface area contributed by atoms with Crippen molar-refractivity contribution in [1.29, 1.82) is 0 Å². The van der Waals surface area contributed by atoms with E-state index in [4.69, 9.17) is 9.47 Å². The molecule has 4 nitrogen and oxygen atoms in total. The molecule has 0 N–H and O–H groups in total. The number of methoxy groups -OCH3 is 2. The zero-order valence-electron chi connectivity index (χ0n) is 14.0. The lowest BCUT2D eigenvalue weighted by molar-refractivity contribution is -0.132. The largest absolute Gasteiger partial charge is 0.497 e. The van der Waals surface area contributed by atoms with E-state index in [2.05, 4.69) is 12.2 Å². The third-order valence-electron chi connectivity index (χ3n) is 4.92. The van der Waals surface area contributed by atoms with E-state index in [1.807, 2.05) is 23.1 Å². The first-order valence-corrected chi connectivity index (χ1v) is 8.41. The zero-order chi connectivity index (χ0) is 16.2. The zero-order valence-corrected chi connectivity index (χ0v) is 14.0. The Bertz CT molecular complexity index is 596. The van der Waals surface area contributed by atoms with Crippen LogP contribution in [0, 0.1) is 5.92 Å².